The molecule has 1 heterocycles. The molecule has 1 heteroatoms. The van der Waals surface area contributed by atoms with Crippen molar-refractivity contribution in [2.45, 2.75) is 52.9 Å². The van der Waals surface area contributed by atoms with Gasteiger partial charge in [0.1, 0.15) is 0 Å². The third-order valence-corrected chi connectivity index (χ3v) is 3.44. The molecule has 1 saturated heterocycles. The third-order valence-electron chi connectivity index (χ3n) is 3.44. The summed E-state index contributed by atoms with van der Waals surface area (Å²) in [6.45, 7) is 11.1. The number of likely N-dealkylation sites (tertiary alicyclic amines) is 1. The van der Waals surface area contributed by atoms with Gasteiger partial charge in [0.15, 0.2) is 0 Å². The molecule has 1 fully saturated rings. The molecule has 84 valence electrons. The van der Waals surface area contributed by atoms with Crippen LogP contribution in [0.25, 0.3) is 0 Å². The Morgan fingerprint density at radius 2 is 2.14 bits per heavy atom. The zero-order valence-corrected chi connectivity index (χ0v) is 10.3. The van der Waals surface area contributed by atoms with Crippen LogP contribution in [0.2, 0.25) is 0 Å². The van der Waals surface area contributed by atoms with Gasteiger partial charge in [0.05, 0.1) is 0 Å². The Bertz CT molecular complexity index is 142. The van der Waals surface area contributed by atoms with E-state index in [4.69, 9.17) is 0 Å². The SMILES string of the molecule is CCC1CCCN(CCCC(C)C)C1. The van der Waals surface area contributed by atoms with Gasteiger partial charge in [-0.05, 0) is 50.6 Å². The van der Waals surface area contributed by atoms with Gasteiger partial charge in [0.2, 0.25) is 0 Å². The van der Waals surface area contributed by atoms with Crippen molar-refractivity contribution < 1.29 is 0 Å². The predicted molar refractivity (Wildman–Crippen MR) is 63.5 cm³/mol. The van der Waals surface area contributed by atoms with Gasteiger partial charge in [-0.25, -0.2) is 0 Å². The largest absolute Gasteiger partial charge is 0.303 e. The summed E-state index contributed by atoms with van der Waals surface area (Å²) in [5.41, 5.74) is 0. The van der Waals surface area contributed by atoms with Crippen molar-refractivity contribution in [2.75, 3.05) is 19.6 Å². The second kappa shape index (κ2) is 6.44. The van der Waals surface area contributed by atoms with Crippen LogP contribution < -0.4 is 0 Å². The maximum absolute atomic E-state index is 2.68. The van der Waals surface area contributed by atoms with Crippen molar-refractivity contribution in [1.82, 2.24) is 4.90 Å². The fourth-order valence-electron chi connectivity index (χ4n) is 2.41. The molecule has 0 aromatic heterocycles. The van der Waals surface area contributed by atoms with Crippen molar-refractivity contribution in [3.05, 3.63) is 0 Å². The van der Waals surface area contributed by atoms with Crippen LogP contribution in [0, 0.1) is 11.8 Å². The van der Waals surface area contributed by atoms with Gasteiger partial charge in [-0.15, -0.1) is 0 Å². The molecule has 1 aliphatic heterocycles. The normalized spacial score (nSPS) is 24.4. The summed E-state index contributed by atoms with van der Waals surface area (Å²) in [5, 5.41) is 0. The molecule has 1 unspecified atom stereocenters. The highest BCUT2D eigenvalue weighted by Crippen LogP contribution is 2.19. The van der Waals surface area contributed by atoms with E-state index in [0.717, 1.165) is 11.8 Å². The maximum atomic E-state index is 2.68. The fraction of sp³-hybridized carbons (Fsp3) is 1.00. The highest BCUT2D eigenvalue weighted by atomic mass is 15.1. The molecule has 1 nitrogen and oxygen atoms in total. The van der Waals surface area contributed by atoms with Crippen LogP contribution in [-0.2, 0) is 0 Å². The maximum Gasteiger partial charge on any atom is 0.000956 e. The summed E-state index contributed by atoms with van der Waals surface area (Å²) in [4.78, 5) is 2.68. The number of hydrogen-bond donors (Lipinski definition) is 0. The number of rotatable bonds is 5. The lowest BCUT2D eigenvalue weighted by molar-refractivity contribution is 0.167. The molecule has 14 heavy (non-hydrogen) atoms. The van der Waals surface area contributed by atoms with Gasteiger partial charge >= 0.3 is 0 Å². The van der Waals surface area contributed by atoms with E-state index in [9.17, 15) is 0 Å². The molecular formula is C13H27N. The minimum Gasteiger partial charge on any atom is -0.303 e. The monoisotopic (exact) mass is 197 g/mol. The van der Waals surface area contributed by atoms with Gasteiger partial charge in [0, 0.05) is 6.54 Å². The van der Waals surface area contributed by atoms with Gasteiger partial charge in [-0.1, -0.05) is 27.2 Å². The van der Waals surface area contributed by atoms with Crippen molar-refractivity contribution in [1.29, 1.82) is 0 Å². The highest BCUT2D eigenvalue weighted by Gasteiger charge is 2.17. The lowest BCUT2D eigenvalue weighted by atomic mass is 9.95. The molecule has 0 bridgehead atoms. The van der Waals surface area contributed by atoms with Crippen LogP contribution in [0.3, 0.4) is 0 Å². The van der Waals surface area contributed by atoms with E-state index in [0.29, 0.717) is 0 Å². The van der Waals surface area contributed by atoms with E-state index < -0.39 is 0 Å². The Morgan fingerprint density at radius 3 is 2.79 bits per heavy atom. The van der Waals surface area contributed by atoms with Crippen LogP contribution in [0.4, 0.5) is 0 Å². The Balaban J connectivity index is 2.11. The molecule has 0 N–H and O–H groups in total. The topological polar surface area (TPSA) is 3.24 Å². The Labute approximate surface area is 89.9 Å². The lowest BCUT2D eigenvalue weighted by Crippen LogP contribution is -2.35. The van der Waals surface area contributed by atoms with Crippen molar-refractivity contribution in [3.8, 4) is 0 Å². The summed E-state index contributed by atoms with van der Waals surface area (Å²) in [7, 11) is 0. The first-order valence-corrected chi connectivity index (χ1v) is 6.44. The summed E-state index contributed by atoms with van der Waals surface area (Å²) < 4.78 is 0. The van der Waals surface area contributed by atoms with E-state index in [2.05, 4.69) is 25.7 Å². The minimum atomic E-state index is 0.877. The molecular weight excluding hydrogens is 170 g/mol. The smallest absolute Gasteiger partial charge is 0.000956 e. The predicted octanol–water partition coefficient (Wildman–Crippen LogP) is 3.54. The summed E-state index contributed by atoms with van der Waals surface area (Å²) >= 11 is 0. The molecule has 1 aliphatic rings. The van der Waals surface area contributed by atoms with Gasteiger partial charge < -0.3 is 4.90 Å². The summed E-state index contributed by atoms with van der Waals surface area (Å²) in [5.74, 6) is 1.87. The van der Waals surface area contributed by atoms with Crippen LogP contribution in [0.5, 0.6) is 0 Å². The van der Waals surface area contributed by atoms with Crippen LogP contribution in [0.15, 0.2) is 0 Å². The second-order valence-corrected chi connectivity index (χ2v) is 5.25. The first-order chi connectivity index (χ1) is 6.72. The molecule has 0 aliphatic carbocycles. The zero-order chi connectivity index (χ0) is 10.4. The molecule has 0 aromatic carbocycles. The van der Waals surface area contributed by atoms with Gasteiger partial charge in [-0.2, -0.15) is 0 Å². The average Bonchev–Trinajstić information content (AvgIpc) is 2.18. The minimum absolute atomic E-state index is 0.877. The summed E-state index contributed by atoms with van der Waals surface area (Å²) in [6, 6.07) is 0. The Hall–Kier alpha value is -0.0400. The second-order valence-electron chi connectivity index (χ2n) is 5.25. The molecule has 0 saturated carbocycles. The van der Waals surface area contributed by atoms with E-state index in [1.54, 1.807) is 0 Å². The number of piperidine rings is 1. The van der Waals surface area contributed by atoms with Crippen molar-refractivity contribution in [2.24, 2.45) is 11.8 Å². The van der Waals surface area contributed by atoms with Crippen LogP contribution in [0.1, 0.15) is 52.9 Å². The molecule has 0 spiro atoms. The lowest BCUT2D eigenvalue weighted by Gasteiger charge is -2.32. The molecule has 1 rings (SSSR count). The molecule has 1 atom stereocenters. The number of hydrogen-bond acceptors (Lipinski definition) is 1. The average molecular weight is 197 g/mol. The fourth-order valence-corrected chi connectivity index (χ4v) is 2.41. The van der Waals surface area contributed by atoms with Gasteiger partial charge in [0.25, 0.3) is 0 Å². The summed E-state index contributed by atoms with van der Waals surface area (Å²) in [6.07, 6.45) is 7.07. The molecule has 0 aromatic rings. The van der Waals surface area contributed by atoms with E-state index in [1.165, 1.54) is 51.7 Å². The molecule has 0 radical (unpaired) electrons. The Kier molecular flexibility index (Phi) is 5.54. The van der Waals surface area contributed by atoms with E-state index >= 15 is 0 Å². The highest BCUT2D eigenvalue weighted by molar-refractivity contribution is 4.71. The first kappa shape index (κ1) is 12.0. The van der Waals surface area contributed by atoms with Crippen molar-refractivity contribution in [3.63, 3.8) is 0 Å². The number of nitrogens with zero attached hydrogens (tertiary/aromatic N) is 1. The first-order valence-electron chi connectivity index (χ1n) is 6.44. The third kappa shape index (κ3) is 4.45. The Morgan fingerprint density at radius 1 is 1.36 bits per heavy atom. The molecule has 0 amide bonds. The quantitative estimate of drug-likeness (QED) is 0.651. The standard InChI is InChI=1S/C13H27N/c1-4-13-8-6-10-14(11-13)9-5-7-12(2)3/h12-13H,4-11H2,1-3H3. The van der Waals surface area contributed by atoms with Crippen LogP contribution >= 0.6 is 0 Å². The van der Waals surface area contributed by atoms with E-state index in [1.807, 2.05) is 0 Å². The van der Waals surface area contributed by atoms with E-state index in [-0.39, 0.29) is 0 Å². The van der Waals surface area contributed by atoms with Crippen LogP contribution in [-0.4, -0.2) is 24.5 Å². The zero-order valence-electron chi connectivity index (χ0n) is 10.3. The van der Waals surface area contributed by atoms with Gasteiger partial charge in [-0.3, -0.25) is 0 Å². The van der Waals surface area contributed by atoms with Crippen molar-refractivity contribution >= 4 is 0 Å².